The Balaban J connectivity index is 0.000000223. The van der Waals surface area contributed by atoms with Crippen molar-refractivity contribution >= 4 is 35.2 Å². The maximum Gasteiger partial charge on any atom is 0.120 e. The van der Waals surface area contributed by atoms with Gasteiger partial charge in [0.1, 0.15) is 5.58 Å². The van der Waals surface area contributed by atoms with Crippen LogP contribution < -0.4 is 5.19 Å². The van der Waals surface area contributed by atoms with E-state index in [4.69, 9.17) is 4.42 Å². The summed E-state index contributed by atoms with van der Waals surface area (Å²) in [6.45, 7) is 13.5. The molecule has 0 atom stereocenters. The normalized spacial score (nSPS) is 11.3. The molecule has 6 aromatic rings. The average molecular weight is 719 g/mol. The maximum atomic E-state index is 6.33. The van der Waals surface area contributed by atoms with Crippen LogP contribution in [0.5, 0.6) is 0 Å². The molecule has 1 radical (unpaired) electrons. The van der Waals surface area contributed by atoms with Gasteiger partial charge in [0.05, 0.1) is 13.7 Å². The van der Waals surface area contributed by atoms with Gasteiger partial charge in [-0.15, -0.1) is 54.1 Å². The second kappa shape index (κ2) is 12.4. The van der Waals surface area contributed by atoms with Crippen LogP contribution in [-0.4, -0.2) is 18.0 Å². The van der Waals surface area contributed by atoms with E-state index in [9.17, 15) is 0 Å². The number of hydrogen-bond donors (Lipinski definition) is 0. The standard InChI is InChI=1S/C23H24NOSi.C12H10N.Ir/c1-15(2)16-11-12-24-21(13-16)20-8-6-7-19-18-10-9-17(26(3,4)5)14-22(18)25-23(19)20;1-10-7-8-12(13-9-10)11-5-3-2-4-6-11;/h6-7,9-15H,1-5H3;2-5,7-9H,1H3;/q2*-1;. The zero-order valence-corrected chi connectivity index (χ0v) is 27.3. The molecule has 0 aliphatic heterocycles. The smallest absolute Gasteiger partial charge is 0.120 e. The van der Waals surface area contributed by atoms with Gasteiger partial charge in [0.2, 0.25) is 0 Å². The third-order valence-electron chi connectivity index (χ3n) is 6.90. The fourth-order valence-electron chi connectivity index (χ4n) is 4.52. The summed E-state index contributed by atoms with van der Waals surface area (Å²) in [5.41, 5.74) is 8.18. The summed E-state index contributed by atoms with van der Waals surface area (Å²) in [5.74, 6) is 0.464. The van der Waals surface area contributed by atoms with Gasteiger partial charge in [-0.25, -0.2) is 0 Å². The largest absolute Gasteiger partial charge is 0.501 e. The Morgan fingerprint density at radius 2 is 1.62 bits per heavy atom. The number of aromatic nitrogens is 2. The first-order valence-electron chi connectivity index (χ1n) is 13.4. The van der Waals surface area contributed by atoms with Gasteiger partial charge in [-0.3, -0.25) is 0 Å². The molecule has 0 saturated carbocycles. The summed E-state index contributed by atoms with van der Waals surface area (Å²) in [4.78, 5) is 8.90. The molecule has 5 heteroatoms. The number of pyridine rings is 2. The molecule has 0 fully saturated rings. The van der Waals surface area contributed by atoms with E-state index < -0.39 is 8.07 Å². The molecule has 205 valence electrons. The summed E-state index contributed by atoms with van der Waals surface area (Å²) >= 11 is 0. The summed E-state index contributed by atoms with van der Waals surface area (Å²) in [5, 5.41) is 3.71. The molecule has 0 N–H and O–H groups in total. The van der Waals surface area contributed by atoms with Crippen molar-refractivity contribution in [2.45, 2.75) is 46.3 Å². The van der Waals surface area contributed by atoms with Gasteiger partial charge in [-0.1, -0.05) is 85.5 Å². The molecule has 6 rings (SSSR count). The SMILES string of the molecule is CC(C)c1ccnc(-c2[c-]ccc3c2oc2cc([Si](C)(C)C)ccc23)c1.Cc1ccc(-c2[c-]cccc2)nc1.[Ir]. The Morgan fingerprint density at radius 1 is 0.800 bits per heavy atom. The predicted molar refractivity (Wildman–Crippen MR) is 166 cm³/mol. The van der Waals surface area contributed by atoms with E-state index in [0.29, 0.717) is 5.92 Å². The van der Waals surface area contributed by atoms with E-state index in [0.717, 1.165) is 44.5 Å². The molecule has 3 aromatic carbocycles. The fraction of sp³-hybridized carbons (Fsp3) is 0.200. The van der Waals surface area contributed by atoms with E-state index >= 15 is 0 Å². The predicted octanol–water partition coefficient (Wildman–Crippen LogP) is 8.97. The minimum Gasteiger partial charge on any atom is -0.501 e. The number of hydrogen-bond acceptors (Lipinski definition) is 3. The molecule has 0 saturated heterocycles. The molecular weight excluding hydrogens is 685 g/mol. The van der Waals surface area contributed by atoms with Crippen molar-refractivity contribution in [3.05, 3.63) is 115 Å². The molecule has 0 aliphatic carbocycles. The maximum absolute atomic E-state index is 6.33. The second-order valence-corrected chi connectivity index (χ2v) is 16.4. The number of nitrogens with zero attached hydrogens (tertiary/aromatic N) is 2. The quantitative estimate of drug-likeness (QED) is 0.135. The van der Waals surface area contributed by atoms with Crippen molar-refractivity contribution in [2.75, 3.05) is 0 Å². The Kier molecular flexibility index (Phi) is 9.20. The first-order chi connectivity index (χ1) is 18.7. The molecule has 0 amide bonds. The van der Waals surface area contributed by atoms with Gasteiger partial charge in [-0.05, 0) is 41.9 Å². The van der Waals surface area contributed by atoms with E-state index in [1.165, 1.54) is 16.3 Å². The van der Waals surface area contributed by atoms with Gasteiger partial charge < -0.3 is 14.4 Å². The van der Waals surface area contributed by atoms with Gasteiger partial charge in [0.25, 0.3) is 0 Å². The van der Waals surface area contributed by atoms with Crippen LogP contribution >= 0.6 is 0 Å². The first-order valence-corrected chi connectivity index (χ1v) is 16.9. The van der Waals surface area contributed by atoms with Crippen LogP contribution in [-0.2, 0) is 20.1 Å². The van der Waals surface area contributed by atoms with Crippen LogP contribution in [0.3, 0.4) is 0 Å². The molecule has 0 unspecified atom stereocenters. The zero-order valence-electron chi connectivity index (χ0n) is 23.9. The molecule has 0 aliphatic rings. The first kappa shape index (κ1) is 29.6. The minimum atomic E-state index is -1.38. The summed E-state index contributed by atoms with van der Waals surface area (Å²) in [6.07, 6.45) is 3.75. The summed E-state index contributed by atoms with van der Waals surface area (Å²) in [7, 11) is -1.38. The molecule has 3 aromatic heterocycles. The minimum absolute atomic E-state index is 0. The van der Waals surface area contributed by atoms with Crippen LogP contribution in [0.1, 0.15) is 30.9 Å². The van der Waals surface area contributed by atoms with E-state index in [-0.39, 0.29) is 20.1 Å². The number of benzene rings is 3. The average Bonchev–Trinajstić information content (AvgIpc) is 3.32. The van der Waals surface area contributed by atoms with Gasteiger partial charge in [0.15, 0.2) is 0 Å². The monoisotopic (exact) mass is 719 g/mol. The van der Waals surface area contributed by atoms with Crippen LogP contribution in [0.25, 0.3) is 44.5 Å². The number of furan rings is 1. The van der Waals surface area contributed by atoms with Gasteiger partial charge in [0, 0.05) is 37.9 Å². The van der Waals surface area contributed by atoms with Crippen molar-refractivity contribution in [1.82, 2.24) is 9.97 Å². The van der Waals surface area contributed by atoms with E-state index in [1.54, 1.807) is 0 Å². The molecule has 3 heterocycles. The van der Waals surface area contributed by atoms with Crippen molar-refractivity contribution in [3.63, 3.8) is 0 Å². The van der Waals surface area contributed by atoms with E-state index in [1.807, 2.05) is 55.7 Å². The summed E-state index contributed by atoms with van der Waals surface area (Å²) < 4.78 is 6.33. The van der Waals surface area contributed by atoms with Gasteiger partial charge in [-0.2, -0.15) is 0 Å². The van der Waals surface area contributed by atoms with Crippen LogP contribution in [0.4, 0.5) is 0 Å². The Bertz CT molecular complexity index is 1720. The van der Waals surface area contributed by atoms with Crippen molar-refractivity contribution in [2.24, 2.45) is 0 Å². The molecule has 0 spiro atoms. The molecule has 40 heavy (non-hydrogen) atoms. The van der Waals surface area contributed by atoms with Crippen LogP contribution in [0, 0.1) is 19.1 Å². The third-order valence-corrected chi connectivity index (χ3v) is 8.95. The van der Waals surface area contributed by atoms with Crippen molar-refractivity contribution in [3.8, 4) is 22.5 Å². The topological polar surface area (TPSA) is 38.9 Å². The Labute approximate surface area is 252 Å². The van der Waals surface area contributed by atoms with Crippen LogP contribution in [0.2, 0.25) is 19.6 Å². The van der Waals surface area contributed by atoms with Gasteiger partial charge >= 0.3 is 0 Å². The van der Waals surface area contributed by atoms with Crippen molar-refractivity contribution in [1.29, 1.82) is 0 Å². The molecular formula is C35H34IrN2OSi-2. The number of aryl methyl sites for hydroxylation is 1. The Morgan fingerprint density at radius 3 is 2.30 bits per heavy atom. The Hall–Kier alpha value is -3.37. The van der Waals surface area contributed by atoms with E-state index in [2.05, 4.69) is 98.1 Å². The number of fused-ring (bicyclic) bond motifs is 3. The molecule has 3 nitrogen and oxygen atoms in total. The zero-order chi connectivity index (χ0) is 27.6. The second-order valence-electron chi connectivity index (χ2n) is 11.3. The number of rotatable bonds is 4. The third kappa shape index (κ3) is 6.50. The van der Waals surface area contributed by atoms with Crippen LogP contribution in [0.15, 0.2) is 95.7 Å². The van der Waals surface area contributed by atoms with Crippen molar-refractivity contribution < 1.29 is 24.5 Å². The summed E-state index contributed by atoms with van der Waals surface area (Å²) in [6, 6.07) is 33.4. The molecule has 0 bridgehead atoms. The fourth-order valence-corrected chi connectivity index (χ4v) is 5.67.